The van der Waals surface area contributed by atoms with E-state index in [2.05, 4.69) is 16.0 Å². The molecule has 0 fully saturated rings. The van der Waals surface area contributed by atoms with Gasteiger partial charge in [-0.05, 0) is 24.6 Å². The van der Waals surface area contributed by atoms with Gasteiger partial charge in [0.1, 0.15) is 0 Å². The quantitative estimate of drug-likeness (QED) is 0.565. The summed E-state index contributed by atoms with van der Waals surface area (Å²) in [5, 5.41) is 8.21. The number of hydrogen-bond donors (Lipinski definition) is 4. The molecule has 1 aromatic rings. The molecule has 0 saturated heterocycles. The summed E-state index contributed by atoms with van der Waals surface area (Å²) >= 11 is 0. The first-order chi connectivity index (χ1) is 9.08. The number of rotatable bonds is 6. The van der Waals surface area contributed by atoms with E-state index in [0.717, 1.165) is 6.42 Å². The van der Waals surface area contributed by atoms with Gasteiger partial charge >= 0.3 is 0 Å². The van der Waals surface area contributed by atoms with E-state index in [4.69, 9.17) is 5.73 Å². The van der Waals surface area contributed by atoms with E-state index in [-0.39, 0.29) is 18.4 Å². The largest absolute Gasteiger partial charge is 0.399 e. The topological polar surface area (TPSA) is 96.2 Å². The van der Waals surface area contributed by atoms with Crippen molar-refractivity contribution in [2.75, 3.05) is 31.2 Å². The summed E-state index contributed by atoms with van der Waals surface area (Å²) in [7, 11) is 1.55. The van der Waals surface area contributed by atoms with E-state index >= 15 is 0 Å². The smallest absolute Gasteiger partial charge is 0.253 e. The first kappa shape index (κ1) is 14.8. The highest BCUT2D eigenvalue weighted by atomic mass is 16.2. The maximum absolute atomic E-state index is 11.7. The monoisotopic (exact) mass is 264 g/mol. The lowest BCUT2D eigenvalue weighted by Gasteiger charge is -2.12. The van der Waals surface area contributed by atoms with Crippen molar-refractivity contribution in [1.82, 2.24) is 10.6 Å². The van der Waals surface area contributed by atoms with Crippen LogP contribution in [-0.4, -0.2) is 32.0 Å². The summed E-state index contributed by atoms with van der Waals surface area (Å²) in [6.45, 7) is 2.72. The zero-order chi connectivity index (χ0) is 14.3. The Hall–Kier alpha value is -2.24. The Morgan fingerprint density at radius 2 is 2.05 bits per heavy atom. The van der Waals surface area contributed by atoms with Gasteiger partial charge in [-0.15, -0.1) is 0 Å². The molecule has 6 heteroatoms. The van der Waals surface area contributed by atoms with Gasteiger partial charge in [-0.2, -0.15) is 0 Å². The molecule has 0 bridgehead atoms. The molecular formula is C13H20N4O2. The Labute approximate surface area is 112 Å². The zero-order valence-electron chi connectivity index (χ0n) is 11.2. The predicted octanol–water partition coefficient (Wildman–Crippen LogP) is 0.566. The van der Waals surface area contributed by atoms with E-state index in [0.29, 0.717) is 23.5 Å². The molecule has 0 aliphatic carbocycles. The van der Waals surface area contributed by atoms with Crippen molar-refractivity contribution < 1.29 is 9.59 Å². The Morgan fingerprint density at radius 1 is 1.32 bits per heavy atom. The minimum Gasteiger partial charge on any atom is -0.399 e. The first-order valence-electron chi connectivity index (χ1n) is 6.20. The number of amides is 2. The SMILES string of the molecule is CCCNC(=O)CNc1cc(N)ccc1C(=O)NC. The van der Waals surface area contributed by atoms with Gasteiger partial charge in [0.05, 0.1) is 12.1 Å². The standard InChI is InChI=1S/C13H20N4O2/c1-3-6-16-12(18)8-17-11-7-9(14)4-5-10(11)13(19)15-2/h4-5,7,17H,3,6,8,14H2,1-2H3,(H,15,19)(H,16,18). The van der Waals surface area contributed by atoms with Crippen molar-refractivity contribution in [1.29, 1.82) is 0 Å². The van der Waals surface area contributed by atoms with E-state index in [1.54, 1.807) is 25.2 Å². The van der Waals surface area contributed by atoms with Crippen LogP contribution in [0.3, 0.4) is 0 Å². The maximum Gasteiger partial charge on any atom is 0.253 e. The van der Waals surface area contributed by atoms with Crippen LogP contribution in [0.4, 0.5) is 11.4 Å². The van der Waals surface area contributed by atoms with Gasteiger partial charge in [0.15, 0.2) is 0 Å². The molecule has 0 aliphatic heterocycles. The number of carbonyl (C=O) groups excluding carboxylic acids is 2. The number of anilines is 2. The first-order valence-corrected chi connectivity index (χ1v) is 6.20. The Kier molecular flexibility index (Phi) is 5.66. The molecule has 0 aromatic heterocycles. The molecule has 5 N–H and O–H groups in total. The van der Waals surface area contributed by atoms with Crippen molar-refractivity contribution in [2.24, 2.45) is 0 Å². The third-order valence-corrected chi connectivity index (χ3v) is 2.53. The fraction of sp³-hybridized carbons (Fsp3) is 0.385. The summed E-state index contributed by atoms with van der Waals surface area (Å²) in [5.74, 6) is -0.344. The Bertz CT molecular complexity index is 460. The molecular weight excluding hydrogens is 244 g/mol. The highest BCUT2D eigenvalue weighted by Crippen LogP contribution is 2.18. The summed E-state index contributed by atoms with van der Waals surface area (Å²) in [6, 6.07) is 4.91. The summed E-state index contributed by atoms with van der Waals surface area (Å²) in [4.78, 5) is 23.2. The van der Waals surface area contributed by atoms with Crippen molar-refractivity contribution in [3.63, 3.8) is 0 Å². The van der Waals surface area contributed by atoms with Crippen LogP contribution in [0.5, 0.6) is 0 Å². The van der Waals surface area contributed by atoms with E-state index in [9.17, 15) is 9.59 Å². The third kappa shape index (κ3) is 4.50. The molecule has 19 heavy (non-hydrogen) atoms. The van der Waals surface area contributed by atoms with E-state index < -0.39 is 0 Å². The molecule has 0 spiro atoms. The highest BCUT2D eigenvalue weighted by molar-refractivity contribution is 6.00. The second kappa shape index (κ2) is 7.25. The molecule has 6 nitrogen and oxygen atoms in total. The minimum atomic E-state index is -0.225. The van der Waals surface area contributed by atoms with Gasteiger partial charge in [-0.25, -0.2) is 0 Å². The predicted molar refractivity (Wildman–Crippen MR) is 76.0 cm³/mol. The fourth-order valence-electron chi connectivity index (χ4n) is 1.54. The second-order valence-corrected chi connectivity index (χ2v) is 4.09. The van der Waals surface area contributed by atoms with Crippen LogP contribution in [0, 0.1) is 0 Å². The molecule has 0 saturated carbocycles. The number of nitrogens with two attached hydrogens (primary N) is 1. The summed E-state index contributed by atoms with van der Waals surface area (Å²) in [6.07, 6.45) is 0.882. The molecule has 0 heterocycles. The van der Waals surface area contributed by atoms with Crippen molar-refractivity contribution in [3.05, 3.63) is 23.8 Å². The number of nitrogen functional groups attached to an aromatic ring is 1. The van der Waals surface area contributed by atoms with Gasteiger partial charge in [-0.1, -0.05) is 6.92 Å². The molecule has 1 rings (SSSR count). The summed E-state index contributed by atoms with van der Waals surface area (Å²) < 4.78 is 0. The highest BCUT2D eigenvalue weighted by Gasteiger charge is 2.11. The maximum atomic E-state index is 11.7. The van der Waals surface area contributed by atoms with Crippen LogP contribution in [0.25, 0.3) is 0 Å². The van der Waals surface area contributed by atoms with Gasteiger partial charge < -0.3 is 21.7 Å². The van der Waals surface area contributed by atoms with Crippen molar-refractivity contribution in [3.8, 4) is 0 Å². The molecule has 0 atom stereocenters. The second-order valence-electron chi connectivity index (χ2n) is 4.09. The van der Waals surface area contributed by atoms with Crippen LogP contribution < -0.4 is 21.7 Å². The molecule has 0 aliphatic rings. The normalized spacial score (nSPS) is 9.79. The summed E-state index contributed by atoms with van der Waals surface area (Å²) in [5.41, 5.74) is 7.22. The molecule has 1 aromatic carbocycles. The lowest BCUT2D eigenvalue weighted by atomic mass is 10.1. The van der Waals surface area contributed by atoms with Crippen LogP contribution in [0.1, 0.15) is 23.7 Å². The Morgan fingerprint density at radius 3 is 2.68 bits per heavy atom. The lowest BCUT2D eigenvalue weighted by molar-refractivity contribution is -0.119. The van der Waals surface area contributed by atoms with Gasteiger partial charge in [-0.3, -0.25) is 9.59 Å². The Balaban J connectivity index is 2.73. The van der Waals surface area contributed by atoms with E-state index in [1.807, 2.05) is 6.92 Å². The van der Waals surface area contributed by atoms with Gasteiger partial charge in [0, 0.05) is 25.0 Å². The molecule has 0 radical (unpaired) electrons. The average Bonchev–Trinajstić information content (AvgIpc) is 2.42. The van der Waals surface area contributed by atoms with Crippen molar-refractivity contribution in [2.45, 2.75) is 13.3 Å². The van der Waals surface area contributed by atoms with Gasteiger partial charge in [0.25, 0.3) is 5.91 Å². The number of benzene rings is 1. The lowest BCUT2D eigenvalue weighted by Crippen LogP contribution is -2.31. The van der Waals surface area contributed by atoms with Crippen LogP contribution >= 0.6 is 0 Å². The van der Waals surface area contributed by atoms with E-state index in [1.165, 1.54) is 0 Å². The number of carbonyl (C=O) groups is 2. The fourth-order valence-corrected chi connectivity index (χ4v) is 1.54. The minimum absolute atomic E-state index is 0.105. The number of hydrogen-bond acceptors (Lipinski definition) is 4. The van der Waals surface area contributed by atoms with Crippen molar-refractivity contribution >= 4 is 23.2 Å². The van der Waals surface area contributed by atoms with Crippen LogP contribution in [0.15, 0.2) is 18.2 Å². The number of nitrogens with one attached hydrogen (secondary N) is 3. The molecule has 0 unspecified atom stereocenters. The average molecular weight is 264 g/mol. The molecule has 104 valence electrons. The third-order valence-electron chi connectivity index (χ3n) is 2.53. The molecule has 2 amide bonds. The van der Waals surface area contributed by atoms with Gasteiger partial charge in [0.2, 0.25) is 5.91 Å². The van der Waals surface area contributed by atoms with Crippen LogP contribution in [-0.2, 0) is 4.79 Å². The van der Waals surface area contributed by atoms with Crippen LogP contribution in [0.2, 0.25) is 0 Å². The zero-order valence-corrected chi connectivity index (χ0v) is 11.2.